The zero-order chi connectivity index (χ0) is 12.1. The second-order valence-corrected chi connectivity index (χ2v) is 4.47. The molecule has 0 radical (unpaired) electrons. The van der Waals surface area contributed by atoms with Gasteiger partial charge < -0.3 is 21.2 Å². The molecule has 1 aliphatic heterocycles. The highest BCUT2D eigenvalue weighted by Gasteiger charge is 2.25. The molecule has 16 heavy (non-hydrogen) atoms. The van der Waals surface area contributed by atoms with Gasteiger partial charge in [-0.3, -0.25) is 4.79 Å². The molecule has 1 rings (SSSR count). The standard InChI is InChI=1S/C10H20N4O2/c1-7-6-14(2)4-3-8(7)12-10(15)5-9(11)13-16/h7-8,16H,3-6H2,1-2H3,(H2,11,13)(H,12,15). The molecule has 6 heteroatoms. The highest BCUT2D eigenvalue weighted by molar-refractivity contribution is 5.98. The zero-order valence-corrected chi connectivity index (χ0v) is 9.81. The summed E-state index contributed by atoms with van der Waals surface area (Å²) in [6.07, 6.45) is 0.898. The number of carbonyl (C=O) groups excluding carboxylic acids is 1. The average Bonchev–Trinajstić information content (AvgIpc) is 2.22. The first-order chi connectivity index (χ1) is 7.52. The number of nitrogens with two attached hydrogens (primary N) is 1. The molecule has 4 N–H and O–H groups in total. The predicted molar refractivity (Wildman–Crippen MR) is 61.2 cm³/mol. The Balaban J connectivity index is 2.39. The predicted octanol–water partition coefficient (Wildman–Crippen LogP) is -0.421. The fourth-order valence-electron chi connectivity index (χ4n) is 2.03. The number of rotatable bonds is 3. The first-order valence-corrected chi connectivity index (χ1v) is 5.47. The number of piperidine rings is 1. The van der Waals surface area contributed by atoms with Crippen LogP contribution in [0, 0.1) is 5.92 Å². The fraction of sp³-hybridized carbons (Fsp3) is 0.800. The highest BCUT2D eigenvalue weighted by atomic mass is 16.4. The Morgan fingerprint density at radius 3 is 2.94 bits per heavy atom. The van der Waals surface area contributed by atoms with Crippen LogP contribution in [-0.2, 0) is 4.79 Å². The van der Waals surface area contributed by atoms with Crippen LogP contribution in [0.3, 0.4) is 0 Å². The number of amidine groups is 1. The Bertz CT molecular complexity index is 280. The molecule has 1 saturated heterocycles. The van der Waals surface area contributed by atoms with Crippen LogP contribution in [0.5, 0.6) is 0 Å². The summed E-state index contributed by atoms with van der Waals surface area (Å²) in [5.41, 5.74) is 5.27. The molecule has 6 nitrogen and oxygen atoms in total. The quantitative estimate of drug-likeness (QED) is 0.265. The third-order valence-corrected chi connectivity index (χ3v) is 2.92. The van der Waals surface area contributed by atoms with E-state index >= 15 is 0 Å². The van der Waals surface area contributed by atoms with E-state index in [9.17, 15) is 4.79 Å². The number of hydrogen-bond donors (Lipinski definition) is 3. The van der Waals surface area contributed by atoms with Crippen LogP contribution in [-0.4, -0.2) is 48.0 Å². The van der Waals surface area contributed by atoms with Gasteiger partial charge in [-0.1, -0.05) is 12.1 Å². The molecule has 92 valence electrons. The summed E-state index contributed by atoms with van der Waals surface area (Å²) in [7, 11) is 2.07. The molecule has 1 aliphatic rings. The van der Waals surface area contributed by atoms with Crippen molar-refractivity contribution in [3.8, 4) is 0 Å². The number of oxime groups is 1. The number of nitrogens with one attached hydrogen (secondary N) is 1. The maximum absolute atomic E-state index is 11.5. The second kappa shape index (κ2) is 5.69. The van der Waals surface area contributed by atoms with Crippen LogP contribution in [0.15, 0.2) is 5.16 Å². The minimum absolute atomic E-state index is 0.0461. The molecule has 0 aromatic rings. The van der Waals surface area contributed by atoms with Crippen LogP contribution in [0.4, 0.5) is 0 Å². The van der Waals surface area contributed by atoms with Gasteiger partial charge in [0.1, 0.15) is 5.84 Å². The van der Waals surface area contributed by atoms with Gasteiger partial charge in [0.05, 0.1) is 6.42 Å². The van der Waals surface area contributed by atoms with Crippen molar-refractivity contribution in [3.05, 3.63) is 0 Å². The lowest BCUT2D eigenvalue weighted by Gasteiger charge is -2.35. The van der Waals surface area contributed by atoms with E-state index < -0.39 is 0 Å². The molecule has 1 amide bonds. The number of hydrogen-bond acceptors (Lipinski definition) is 4. The zero-order valence-electron chi connectivity index (χ0n) is 9.81. The van der Waals surface area contributed by atoms with E-state index in [1.54, 1.807) is 0 Å². The lowest BCUT2D eigenvalue weighted by Crippen LogP contribution is -2.49. The summed E-state index contributed by atoms with van der Waals surface area (Å²) in [4.78, 5) is 13.8. The smallest absolute Gasteiger partial charge is 0.227 e. The fourth-order valence-corrected chi connectivity index (χ4v) is 2.03. The van der Waals surface area contributed by atoms with Crippen molar-refractivity contribution >= 4 is 11.7 Å². The van der Waals surface area contributed by atoms with E-state index in [1.165, 1.54) is 0 Å². The van der Waals surface area contributed by atoms with Gasteiger partial charge in [-0.2, -0.15) is 0 Å². The average molecular weight is 228 g/mol. The number of likely N-dealkylation sites (tertiary alicyclic amines) is 1. The van der Waals surface area contributed by atoms with Crippen LogP contribution >= 0.6 is 0 Å². The van der Waals surface area contributed by atoms with Gasteiger partial charge in [0.25, 0.3) is 0 Å². The van der Waals surface area contributed by atoms with Crippen molar-refractivity contribution in [2.45, 2.75) is 25.8 Å². The molecule has 1 heterocycles. The molecule has 2 unspecified atom stereocenters. The molecule has 0 saturated carbocycles. The van der Waals surface area contributed by atoms with Crippen LogP contribution in [0.2, 0.25) is 0 Å². The van der Waals surface area contributed by atoms with Crippen molar-refractivity contribution < 1.29 is 10.0 Å². The molecule has 0 spiro atoms. The molecule has 2 atom stereocenters. The van der Waals surface area contributed by atoms with Gasteiger partial charge in [0.2, 0.25) is 5.91 Å². The van der Waals surface area contributed by atoms with E-state index in [4.69, 9.17) is 10.9 Å². The van der Waals surface area contributed by atoms with E-state index in [0.29, 0.717) is 5.92 Å². The van der Waals surface area contributed by atoms with Crippen molar-refractivity contribution in [2.24, 2.45) is 16.8 Å². The number of amides is 1. The van der Waals surface area contributed by atoms with Crippen LogP contribution < -0.4 is 11.1 Å². The summed E-state index contributed by atoms with van der Waals surface area (Å²) < 4.78 is 0. The summed E-state index contributed by atoms with van der Waals surface area (Å²) in [6.45, 7) is 4.08. The lowest BCUT2D eigenvalue weighted by molar-refractivity contribution is -0.121. The van der Waals surface area contributed by atoms with Crippen molar-refractivity contribution in [1.82, 2.24) is 10.2 Å². The second-order valence-electron chi connectivity index (χ2n) is 4.47. The molecule has 0 aromatic carbocycles. The normalized spacial score (nSPS) is 27.8. The van der Waals surface area contributed by atoms with Gasteiger partial charge in [-0.05, 0) is 25.9 Å². The van der Waals surface area contributed by atoms with Gasteiger partial charge in [-0.15, -0.1) is 0 Å². The van der Waals surface area contributed by atoms with Gasteiger partial charge in [0, 0.05) is 12.6 Å². The monoisotopic (exact) mass is 228 g/mol. The first-order valence-electron chi connectivity index (χ1n) is 5.47. The van der Waals surface area contributed by atoms with Gasteiger partial charge in [0.15, 0.2) is 0 Å². The molecular formula is C10H20N4O2. The largest absolute Gasteiger partial charge is 0.409 e. The lowest BCUT2D eigenvalue weighted by atomic mass is 9.94. The van der Waals surface area contributed by atoms with Crippen molar-refractivity contribution in [1.29, 1.82) is 0 Å². The van der Waals surface area contributed by atoms with E-state index in [2.05, 4.69) is 29.3 Å². The molecule has 0 aromatic heterocycles. The molecule has 0 bridgehead atoms. The third kappa shape index (κ3) is 3.69. The first kappa shape index (κ1) is 12.8. The minimum Gasteiger partial charge on any atom is -0.409 e. The topological polar surface area (TPSA) is 91.0 Å². The van der Waals surface area contributed by atoms with Crippen LogP contribution in [0.1, 0.15) is 19.8 Å². The summed E-state index contributed by atoms with van der Waals surface area (Å²) >= 11 is 0. The van der Waals surface area contributed by atoms with Crippen molar-refractivity contribution in [2.75, 3.05) is 20.1 Å². The molecule has 0 aliphatic carbocycles. The van der Waals surface area contributed by atoms with E-state index in [0.717, 1.165) is 19.5 Å². The van der Waals surface area contributed by atoms with Crippen molar-refractivity contribution in [3.63, 3.8) is 0 Å². The van der Waals surface area contributed by atoms with Gasteiger partial charge >= 0.3 is 0 Å². The summed E-state index contributed by atoms with van der Waals surface area (Å²) in [5.74, 6) is 0.185. The minimum atomic E-state index is -0.184. The van der Waals surface area contributed by atoms with Crippen LogP contribution in [0.25, 0.3) is 0 Å². The Hall–Kier alpha value is -1.30. The number of carbonyl (C=O) groups is 1. The molecule has 1 fully saturated rings. The highest BCUT2D eigenvalue weighted by Crippen LogP contribution is 2.15. The van der Waals surface area contributed by atoms with E-state index in [-0.39, 0.29) is 24.2 Å². The summed E-state index contributed by atoms with van der Waals surface area (Å²) in [5, 5.41) is 14.0. The Morgan fingerprint density at radius 1 is 1.69 bits per heavy atom. The Labute approximate surface area is 95.5 Å². The summed E-state index contributed by atoms with van der Waals surface area (Å²) in [6, 6.07) is 0.190. The maximum atomic E-state index is 11.5. The maximum Gasteiger partial charge on any atom is 0.227 e. The number of nitrogens with zero attached hydrogens (tertiary/aromatic N) is 2. The SMILES string of the molecule is CC1CN(C)CCC1NC(=O)CC(N)=NO. The van der Waals surface area contributed by atoms with E-state index in [1.807, 2.05) is 0 Å². The Morgan fingerprint density at radius 2 is 2.38 bits per heavy atom. The Kier molecular flexibility index (Phi) is 4.54. The third-order valence-electron chi connectivity index (χ3n) is 2.92. The molecular weight excluding hydrogens is 208 g/mol. The van der Waals surface area contributed by atoms with Gasteiger partial charge in [-0.25, -0.2) is 0 Å².